The largest absolute Gasteiger partial charge is 0.399 e. The van der Waals surface area contributed by atoms with Crippen molar-refractivity contribution in [2.75, 3.05) is 29.5 Å². The van der Waals surface area contributed by atoms with E-state index in [1.54, 1.807) is 0 Å². The Bertz CT molecular complexity index is 808. The van der Waals surface area contributed by atoms with Crippen LogP contribution in [0.3, 0.4) is 0 Å². The Balaban J connectivity index is 0.000000507. The predicted molar refractivity (Wildman–Crippen MR) is 152 cm³/mol. The molecule has 2 aromatic rings. The molecule has 0 unspecified atom stereocenters. The minimum absolute atomic E-state index is 0.0641. The molecule has 35 heavy (non-hydrogen) atoms. The molecule has 0 amide bonds. The number of nitrogens with two attached hydrogens (primary N) is 2. The van der Waals surface area contributed by atoms with Gasteiger partial charge in [0, 0.05) is 42.3 Å². The lowest BCUT2D eigenvalue weighted by atomic mass is 10.1. The molecule has 0 aliphatic carbocycles. The Kier molecular flexibility index (Phi) is 16.0. The van der Waals surface area contributed by atoms with E-state index in [-0.39, 0.29) is 5.69 Å². The molecule has 4 N–H and O–H groups in total. The third-order valence-corrected chi connectivity index (χ3v) is 6.29. The van der Waals surface area contributed by atoms with Gasteiger partial charge in [0.2, 0.25) is 0 Å². The summed E-state index contributed by atoms with van der Waals surface area (Å²) < 4.78 is 0. The van der Waals surface area contributed by atoms with Crippen LogP contribution >= 0.6 is 0 Å². The van der Waals surface area contributed by atoms with Gasteiger partial charge in [0.15, 0.2) is 0 Å². The van der Waals surface area contributed by atoms with Crippen molar-refractivity contribution in [2.45, 2.75) is 97.8 Å². The number of hydrogen-bond donors (Lipinski definition) is 2. The summed E-state index contributed by atoms with van der Waals surface area (Å²) in [4.78, 5) is 12.2. The van der Waals surface area contributed by atoms with Gasteiger partial charge in [0.25, 0.3) is 5.69 Å². The van der Waals surface area contributed by atoms with Crippen molar-refractivity contribution in [3.8, 4) is 0 Å². The van der Waals surface area contributed by atoms with E-state index in [9.17, 15) is 10.1 Å². The summed E-state index contributed by atoms with van der Waals surface area (Å²) >= 11 is 0. The molecular formula is C29H48N4O2. The average Bonchev–Trinajstić information content (AvgIpc) is 2.84. The molecule has 2 rings (SSSR count). The first-order chi connectivity index (χ1) is 16.9. The molecule has 0 spiro atoms. The highest BCUT2D eigenvalue weighted by molar-refractivity contribution is 5.58. The first kappa shape index (κ1) is 30.3. The smallest absolute Gasteiger partial charge is 0.269 e. The summed E-state index contributed by atoms with van der Waals surface area (Å²) in [5, 5.41) is 10.1. The zero-order valence-electron chi connectivity index (χ0n) is 22.3. The second-order valence-corrected chi connectivity index (χ2v) is 9.41. The number of benzene rings is 2. The number of nitrogens with zero attached hydrogens (tertiary/aromatic N) is 2. The third-order valence-electron chi connectivity index (χ3n) is 6.29. The standard InChI is InChI=1S/C23H42N2.C6H6N2O2/c1-4-6-8-10-12-14-18-25(19-15-13-11-9-7-5-2)22-16-17-23(24)21(3)20-22;7-5-1-3-6(4-2-5)8(9)10/h16-17,20H,4-15,18-19,24H2,1-3H3;1-4H,7H2. The average molecular weight is 485 g/mol. The van der Waals surface area contributed by atoms with Crippen molar-refractivity contribution in [3.05, 3.63) is 58.1 Å². The lowest BCUT2D eigenvalue weighted by Crippen LogP contribution is -2.25. The second kappa shape index (κ2) is 18.6. The topological polar surface area (TPSA) is 98.4 Å². The molecule has 0 atom stereocenters. The van der Waals surface area contributed by atoms with Gasteiger partial charge in [-0.05, 0) is 55.7 Å². The molecule has 0 aromatic heterocycles. The molecule has 0 radical (unpaired) electrons. The van der Waals surface area contributed by atoms with E-state index in [1.807, 2.05) is 0 Å². The molecule has 0 aliphatic heterocycles. The van der Waals surface area contributed by atoms with Gasteiger partial charge in [-0.25, -0.2) is 0 Å². The van der Waals surface area contributed by atoms with Crippen LogP contribution in [0, 0.1) is 17.0 Å². The van der Waals surface area contributed by atoms with Crippen LogP contribution in [-0.4, -0.2) is 18.0 Å². The fourth-order valence-electron chi connectivity index (χ4n) is 3.99. The van der Waals surface area contributed by atoms with Gasteiger partial charge in [-0.15, -0.1) is 0 Å². The van der Waals surface area contributed by atoms with E-state index in [0.29, 0.717) is 5.69 Å². The lowest BCUT2D eigenvalue weighted by molar-refractivity contribution is -0.384. The fraction of sp³-hybridized carbons (Fsp3) is 0.586. The monoisotopic (exact) mass is 484 g/mol. The van der Waals surface area contributed by atoms with E-state index < -0.39 is 4.92 Å². The van der Waals surface area contributed by atoms with Gasteiger partial charge >= 0.3 is 0 Å². The number of hydrogen-bond acceptors (Lipinski definition) is 5. The maximum atomic E-state index is 10.1. The first-order valence-electron chi connectivity index (χ1n) is 13.5. The SMILES string of the molecule is CCCCCCCCN(CCCCCCCC)c1ccc(N)c(C)c1.Nc1ccc([N+](=O)[O-])cc1. The number of nitro groups is 1. The van der Waals surface area contributed by atoms with Crippen LogP contribution in [0.1, 0.15) is 96.5 Å². The molecule has 0 saturated heterocycles. The van der Waals surface area contributed by atoms with E-state index in [2.05, 4.69) is 43.9 Å². The summed E-state index contributed by atoms with van der Waals surface area (Å²) in [7, 11) is 0. The van der Waals surface area contributed by atoms with Crippen LogP contribution in [0.25, 0.3) is 0 Å². The van der Waals surface area contributed by atoms with Gasteiger partial charge < -0.3 is 16.4 Å². The second-order valence-electron chi connectivity index (χ2n) is 9.41. The van der Waals surface area contributed by atoms with Gasteiger partial charge in [-0.3, -0.25) is 10.1 Å². The van der Waals surface area contributed by atoms with E-state index in [4.69, 9.17) is 11.5 Å². The highest BCUT2D eigenvalue weighted by atomic mass is 16.6. The van der Waals surface area contributed by atoms with E-state index in [1.165, 1.54) is 126 Å². The van der Waals surface area contributed by atoms with Crippen molar-refractivity contribution in [2.24, 2.45) is 0 Å². The molecule has 0 bridgehead atoms. The minimum atomic E-state index is -0.459. The van der Waals surface area contributed by atoms with Crippen LogP contribution in [0.4, 0.5) is 22.7 Å². The number of unbranched alkanes of at least 4 members (excludes halogenated alkanes) is 10. The fourth-order valence-corrected chi connectivity index (χ4v) is 3.99. The molecule has 196 valence electrons. The number of rotatable bonds is 16. The summed E-state index contributed by atoms with van der Waals surface area (Å²) in [5.41, 5.74) is 15.4. The molecule has 6 heteroatoms. The van der Waals surface area contributed by atoms with Crippen molar-refractivity contribution >= 4 is 22.7 Å². The molecule has 0 saturated carbocycles. The number of nitro benzene ring substituents is 1. The summed E-state index contributed by atoms with van der Waals surface area (Å²) in [6.45, 7) is 9.05. The predicted octanol–water partition coefficient (Wildman–Crippen LogP) is 8.28. The van der Waals surface area contributed by atoms with Crippen LogP contribution in [0.5, 0.6) is 0 Å². The highest BCUT2D eigenvalue weighted by Gasteiger charge is 2.08. The maximum Gasteiger partial charge on any atom is 0.269 e. The van der Waals surface area contributed by atoms with Crippen LogP contribution in [0.2, 0.25) is 0 Å². The third kappa shape index (κ3) is 13.6. The van der Waals surface area contributed by atoms with E-state index in [0.717, 1.165) is 5.69 Å². The quantitative estimate of drug-likeness (QED) is 0.108. The van der Waals surface area contributed by atoms with Gasteiger partial charge in [0.05, 0.1) is 4.92 Å². The maximum absolute atomic E-state index is 10.1. The lowest BCUT2D eigenvalue weighted by Gasteiger charge is -2.26. The molecular weight excluding hydrogens is 436 g/mol. The van der Waals surface area contributed by atoms with Gasteiger partial charge in [0.1, 0.15) is 0 Å². The molecule has 2 aromatic carbocycles. The van der Waals surface area contributed by atoms with Crippen molar-refractivity contribution in [3.63, 3.8) is 0 Å². The van der Waals surface area contributed by atoms with Crippen LogP contribution in [-0.2, 0) is 0 Å². The summed E-state index contributed by atoms with van der Waals surface area (Å²) in [6, 6.07) is 12.3. The Labute approximate surface area is 213 Å². The minimum Gasteiger partial charge on any atom is -0.399 e. The zero-order chi connectivity index (χ0) is 25.9. The van der Waals surface area contributed by atoms with E-state index >= 15 is 0 Å². The number of non-ortho nitro benzene ring substituents is 1. The van der Waals surface area contributed by atoms with Gasteiger partial charge in [-0.1, -0.05) is 78.1 Å². The van der Waals surface area contributed by atoms with Crippen molar-refractivity contribution in [1.29, 1.82) is 0 Å². The molecule has 6 nitrogen and oxygen atoms in total. The Morgan fingerprint density at radius 2 is 1.23 bits per heavy atom. The van der Waals surface area contributed by atoms with Crippen LogP contribution in [0.15, 0.2) is 42.5 Å². The normalized spacial score (nSPS) is 10.5. The number of nitrogen functional groups attached to an aromatic ring is 2. The van der Waals surface area contributed by atoms with Gasteiger partial charge in [-0.2, -0.15) is 0 Å². The Morgan fingerprint density at radius 3 is 1.69 bits per heavy atom. The molecule has 0 fully saturated rings. The van der Waals surface area contributed by atoms with Crippen molar-refractivity contribution in [1.82, 2.24) is 0 Å². The number of anilines is 3. The number of aryl methyl sites for hydroxylation is 1. The molecule has 0 aliphatic rings. The molecule has 0 heterocycles. The highest BCUT2D eigenvalue weighted by Crippen LogP contribution is 2.22. The first-order valence-corrected chi connectivity index (χ1v) is 13.5. The Morgan fingerprint density at radius 1 is 0.743 bits per heavy atom. The zero-order valence-corrected chi connectivity index (χ0v) is 22.3. The summed E-state index contributed by atoms with van der Waals surface area (Å²) in [5.74, 6) is 0. The van der Waals surface area contributed by atoms with Crippen LogP contribution < -0.4 is 16.4 Å². The summed E-state index contributed by atoms with van der Waals surface area (Å²) in [6.07, 6.45) is 16.3. The van der Waals surface area contributed by atoms with Crippen molar-refractivity contribution < 1.29 is 4.92 Å². The Hall–Kier alpha value is -2.76.